The van der Waals surface area contributed by atoms with Gasteiger partial charge in [0.2, 0.25) is 0 Å². The van der Waals surface area contributed by atoms with Crippen LogP contribution in [-0.4, -0.2) is 23.9 Å². The molecule has 0 saturated carbocycles. The van der Waals surface area contributed by atoms with E-state index in [4.69, 9.17) is 5.11 Å². The Morgan fingerprint density at radius 2 is 1.59 bits per heavy atom. The molecule has 1 aromatic carbocycles. The van der Waals surface area contributed by atoms with E-state index in [1.165, 1.54) is 0 Å². The third-order valence-corrected chi connectivity index (χ3v) is 1.86. The lowest BCUT2D eigenvalue weighted by Gasteiger charge is -2.15. The van der Waals surface area contributed by atoms with E-state index in [-0.39, 0.29) is 0 Å². The largest absolute Gasteiger partial charge is 0.416 e. The summed E-state index contributed by atoms with van der Waals surface area (Å²) in [7, 11) is 0. The molecule has 0 bridgehead atoms. The minimum Gasteiger partial charge on any atom is -0.382 e. The molecule has 17 heavy (non-hydrogen) atoms. The molecule has 1 atom stereocenters. The average Bonchev–Trinajstić information content (AvgIpc) is 2.20. The Balaban J connectivity index is 2.71. The van der Waals surface area contributed by atoms with Crippen LogP contribution in [0.25, 0.3) is 0 Å². The predicted octanol–water partition coefficient (Wildman–Crippen LogP) is 2.44. The van der Waals surface area contributed by atoms with Crippen LogP contribution in [0.4, 0.5) is 32.0 Å². The minimum absolute atomic E-state index is 0.398. The first-order chi connectivity index (χ1) is 7.71. The van der Waals surface area contributed by atoms with Crippen molar-refractivity contribution in [3.05, 3.63) is 29.6 Å². The number of nitrogens with one attached hydrogen (secondary N) is 1. The molecule has 2 N–H and O–H groups in total. The molecule has 2 nitrogen and oxygen atoms in total. The Morgan fingerprint density at radius 3 is 2.00 bits per heavy atom. The van der Waals surface area contributed by atoms with Gasteiger partial charge in [0, 0.05) is 24.4 Å². The zero-order valence-corrected chi connectivity index (χ0v) is 8.15. The molecule has 0 aromatic heterocycles. The zero-order valence-electron chi connectivity index (χ0n) is 8.15. The summed E-state index contributed by atoms with van der Waals surface area (Å²) in [6.07, 6.45) is -7.52. The number of hydrogen-bond acceptors (Lipinski definition) is 2. The lowest BCUT2D eigenvalue weighted by Crippen LogP contribution is -2.35. The van der Waals surface area contributed by atoms with Gasteiger partial charge in [-0.2, -0.15) is 13.2 Å². The van der Waals surface area contributed by atoms with Crippen molar-refractivity contribution in [2.45, 2.75) is 12.3 Å². The summed E-state index contributed by atoms with van der Waals surface area (Å²) >= 11 is 0. The smallest absolute Gasteiger partial charge is 0.382 e. The molecule has 0 heterocycles. The summed E-state index contributed by atoms with van der Waals surface area (Å²) in [5.41, 5.74) is -0.398. The van der Waals surface area contributed by atoms with Crippen LogP contribution >= 0.6 is 0 Å². The minimum atomic E-state index is -4.84. The van der Waals surface area contributed by atoms with Crippen LogP contribution in [0.3, 0.4) is 0 Å². The van der Waals surface area contributed by atoms with Gasteiger partial charge in [-0.05, 0) is 0 Å². The molecule has 1 aromatic rings. The van der Waals surface area contributed by atoms with Crippen molar-refractivity contribution in [1.82, 2.24) is 0 Å². The Hall–Kier alpha value is -1.44. The molecule has 0 aliphatic rings. The first kappa shape index (κ1) is 13.6. The number of halogens is 6. The zero-order chi connectivity index (χ0) is 13.2. The molecule has 0 saturated heterocycles. The molecule has 0 radical (unpaired) electrons. The first-order valence-corrected chi connectivity index (χ1v) is 4.35. The number of benzene rings is 1. The summed E-state index contributed by atoms with van der Waals surface area (Å²) in [6.45, 7) is -0.992. The molecule has 0 aliphatic carbocycles. The number of aliphatic hydroxyl groups excluding tert-OH is 1. The van der Waals surface area contributed by atoms with E-state index < -0.39 is 42.0 Å². The Labute approximate surface area is 91.9 Å². The summed E-state index contributed by atoms with van der Waals surface area (Å²) in [5.74, 6) is -4.78. The molecule has 1 rings (SSSR count). The second-order valence-corrected chi connectivity index (χ2v) is 3.19. The van der Waals surface area contributed by atoms with Crippen molar-refractivity contribution < 1.29 is 31.4 Å². The van der Waals surface area contributed by atoms with Gasteiger partial charge in [-0.3, -0.25) is 0 Å². The van der Waals surface area contributed by atoms with Crippen molar-refractivity contribution in [2.24, 2.45) is 0 Å². The third kappa shape index (κ3) is 3.52. The maximum Gasteiger partial charge on any atom is 0.416 e. The monoisotopic (exact) mass is 259 g/mol. The van der Waals surface area contributed by atoms with Gasteiger partial charge in [-0.25, -0.2) is 13.2 Å². The van der Waals surface area contributed by atoms with Gasteiger partial charge in [0.1, 0.15) is 0 Å². The summed E-state index contributed by atoms with van der Waals surface area (Å²) in [6, 6.07) is 0.975. The lowest BCUT2D eigenvalue weighted by atomic mass is 10.2. The molecular formula is C9H7F6NO. The van der Waals surface area contributed by atoms with E-state index >= 15 is 0 Å². The standard InChI is InChI=1S/C9H7F6NO/c10-5-1-4(2-6(11)8(5)12)16-3-7(17)9(13,14)15/h1-2,7,16-17H,3H2. The van der Waals surface area contributed by atoms with Gasteiger partial charge in [0.15, 0.2) is 23.6 Å². The molecule has 8 heteroatoms. The molecule has 0 spiro atoms. The number of aliphatic hydroxyl groups is 1. The van der Waals surface area contributed by atoms with Crippen LogP contribution in [0.1, 0.15) is 0 Å². The predicted molar refractivity (Wildman–Crippen MR) is 46.9 cm³/mol. The first-order valence-electron chi connectivity index (χ1n) is 4.35. The van der Waals surface area contributed by atoms with Gasteiger partial charge >= 0.3 is 6.18 Å². The number of anilines is 1. The summed E-state index contributed by atoms with van der Waals surface area (Å²) in [4.78, 5) is 0. The maximum absolute atomic E-state index is 12.7. The van der Waals surface area contributed by atoms with E-state index in [1.54, 1.807) is 0 Å². The van der Waals surface area contributed by atoms with Crippen LogP contribution in [0, 0.1) is 17.5 Å². The quantitative estimate of drug-likeness (QED) is 0.645. The van der Waals surface area contributed by atoms with Gasteiger partial charge in [-0.1, -0.05) is 0 Å². The van der Waals surface area contributed by atoms with Crippen molar-refractivity contribution in [1.29, 1.82) is 0 Å². The molecule has 96 valence electrons. The van der Waals surface area contributed by atoms with Gasteiger partial charge < -0.3 is 10.4 Å². The fraction of sp³-hybridized carbons (Fsp3) is 0.333. The second-order valence-electron chi connectivity index (χ2n) is 3.19. The number of rotatable bonds is 3. The van der Waals surface area contributed by atoms with Gasteiger partial charge in [-0.15, -0.1) is 0 Å². The number of hydrogen-bond donors (Lipinski definition) is 2. The lowest BCUT2D eigenvalue weighted by molar-refractivity contribution is -0.198. The van der Waals surface area contributed by atoms with Crippen LogP contribution in [0.5, 0.6) is 0 Å². The highest BCUT2D eigenvalue weighted by Crippen LogP contribution is 2.21. The highest BCUT2D eigenvalue weighted by atomic mass is 19.4. The molecule has 0 amide bonds. The van der Waals surface area contributed by atoms with Crippen molar-refractivity contribution in [3.8, 4) is 0 Å². The Kier molecular flexibility index (Phi) is 3.87. The van der Waals surface area contributed by atoms with Crippen LogP contribution in [0.15, 0.2) is 12.1 Å². The highest BCUT2D eigenvalue weighted by Gasteiger charge is 2.37. The molecule has 1 unspecified atom stereocenters. The second kappa shape index (κ2) is 4.82. The van der Waals surface area contributed by atoms with Crippen LogP contribution < -0.4 is 5.32 Å². The molecule has 0 aliphatic heterocycles. The van der Waals surface area contributed by atoms with Gasteiger partial charge in [0.05, 0.1) is 0 Å². The van der Waals surface area contributed by atoms with Crippen molar-refractivity contribution in [2.75, 3.05) is 11.9 Å². The van der Waals surface area contributed by atoms with Crippen LogP contribution in [0.2, 0.25) is 0 Å². The van der Waals surface area contributed by atoms with E-state index in [2.05, 4.69) is 0 Å². The summed E-state index contributed by atoms with van der Waals surface area (Å²) < 4.78 is 73.4. The SMILES string of the molecule is OC(CNc1cc(F)c(F)c(F)c1)C(F)(F)F. The van der Waals surface area contributed by atoms with Crippen LogP contribution in [-0.2, 0) is 0 Å². The topological polar surface area (TPSA) is 32.3 Å². The Bertz CT molecular complexity index is 382. The average molecular weight is 259 g/mol. The Morgan fingerprint density at radius 1 is 1.12 bits per heavy atom. The van der Waals surface area contributed by atoms with E-state index in [1.807, 2.05) is 5.32 Å². The summed E-state index contributed by atoms with van der Waals surface area (Å²) in [5, 5.41) is 10.5. The van der Waals surface area contributed by atoms with Crippen molar-refractivity contribution >= 4 is 5.69 Å². The van der Waals surface area contributed by atoms with E-state index in [0.29, 0.717) is 12.1 Å². The maximum atomic E-state index is 12.7. The van der Waals surface area contributed by atoms with Crippen molar-refractivity contribution in [3.63, 3.8) is 0 Å². The normalized spacial score (nSPS) is 13.6. The third-order valence-electron chi connectivity index (χ3n) is 1.86. The fourth-order valence-electron chi connectivity index (χ4n) is 0.988. The number of alkyl halides is 3. The molecular weight excluding hydrogens is 252 g/mol. The fourth-order valence-corrected chi connectivity index (χ4v) is 0.988. The van der Waals surface area contributed by atoms with E-state index in [0.717, 1.165) is 0 Å². The van der Waals surface area contributed by atoms with Gasteiger partial charge in [0.25, 0.3) is 0 Å². The van der Waals surface area contributed by atoms with E-state index in [9.17, 15) is 26.3 Å². The molecule has 0 fully saturated rings. The highest BCUT2D eigenvalue weighted by molar-refractivity contribution is 5.44.